The molecule has 0 bridgehead atoms. The van der Waals surface area contributed by atoms with E-state index in [9.17, 15) is 15.0 Å². The van der Waals surface area contributed by atoms with Gasteiger partial charge in [-0.1, -0.05) is 0 Å². The number of imidazole rings is 1. The molecule has 5 atom stereocenters. The number of nitrogens with zero attached hydrogens (tertiary/aromatic N) is 6. The van der Waals surface area contributed by atoms with Crippen molar-refractivity contribution in [2.45, 2.75) is 24.7 Å². The maximum atomic E-state index is 12.4. The number of aliphatic hydroxyl groups excluding tert-OH is 2. The molecule has 0 radical (unpaired) electrons. The summed E-state index contributed by atoms with van der Waals surface area (Å²) in [6.07, 6.45) is 1.30. The number of hydrogen-bond acceptors (Lipinski definition) is 9. The first-order valence-electron chi connectivity index (χ1n) is 9.81. The van der Waals surface area contributed by atoms with Crippen LogP contribution in [-0.4, -0.2) is 72.1 Å². The SMILES string of the molecule is CNC(=O)[C@]12CC1[C@@H](n1cnc3c(NC)nc(C#Cc4cccnn4)nc31)[C@H](O)C2O. The van der Waals surface area contributed by atoms with Crippen molar-refractivity contribution in [3.8, 4) is 11.8 Å². The van der Waals surface area contributed by atoms with Crippen molar-refractivity contribution in [2.24, 2.45) is 11.3 Å². The van der Waals surface area contributed by atoms with Crippen LogP contribution in [0.2, 0.25) is 0 Å². The van der Waals surface area contributed by atoms with Crippen molar-refractivity contribution in [3.05, 3.63) is 36.2 Å². The lowest BCUT2D eigenvalue weighted by atomic mass is 9.98. The molecule has 3 aromatic rings. The predicted octanol–water partition coefficient (Wildman–Crippen LogP) is -0.913. The van der Waals surface area contributed by atoms with E-state index in [1.165, 1.54) is 7.05 Å². The van der Waals surface area contributed by atoms with E-state index in [-0.39, 0.29) is 17.6 Å². The van der Waals surface area contributed by atoms with E-state index in [1.807, 2.05) is 0 Å². The molecule has 2 aliphatic carbocycles. The fourth-order valence-electron chi connectivity index (χ4n) is 4.64. The Kier molecular flexibility index (Phi) is 4.35. The van der Waals surface area contributed by atoms with Crippen LogP contribution in [0.1, 0.15) is 24.0 Å². The lowest BCUT2D eigenvalue weighted by Gasteiger charge is -2.23. The largest absolute Gasteiger partial charge is 0.389 e. The van der Waals surface area contributed by atoms with E-state index in [1.54, 1.807) is 36.3 Å². The van der Waals surface area contributed by atoms with E-state index >= 15 is 0 Å². The van der Waals surface area contributed by atoms with Crippen molar-refractivity contribution in [2.75, 3.05) is 19.4 Å². The Balaban J connectivity index is 1.58. The third kappa shape index (κ3) is 2.76. The van der Waals surface area contributed by atoms with Crippen molar-refractivity contribution in [1.82, 2.24) is 35.0 Å². The number of hydrogen-bond donors (Lipinski definition) is 4. The Morgan fingerprint density at radius 3 is 2.84 bits per heavy atom. The maximum Gasteiger partial charge on any atom is 0.229 e. The Morgan fingerprint density at radius 1 is 1.29 bits per heavy atom. The summed E-state index contributed by atoms with van der Waals surface area (Å²) in [5.74, 6) is 5.98. The molecule has 3 aromatic heterocycles. The zero-order chi connectivity index (χ0) is 21.8. The van der Waals surface area contributed by atoms with Crippen LogP contribution in [0, 0.1) is 23.2 Å². The van der Waals surface area contributed by atoms with Gasteiger partial charge in [-0.2, -0.15) is 5.10 Å². The number of carbonyl (C=O) groups is 1. The van der Waals surface area contributed by atoms with Gasteiger partial charge in [-0.3, -0.25) is 4.79 Å². The van der Waals surface area contributed by atoms with Crippen LogP contribution in [0.4, 0.5) is 5.82 Å². The van der Waals surface area contributed by atoms with Crippen molar-refractivity contribution < 1.29 is 15.0 Å². The van der Waals surface area contributed by atoms with Gasteiger partial charge in [0.25, 0.3) is 0 Å². The summed E-state index contributed by atoms with van der Waals surface area (Å²) < 4.78 is 1.71. The molecule has 2 aliphatic rings. The second kappa shape index (κ2) is 6.97. The average molecular weight is 420 g/mol. The third-order valence-corrected chi connectivity index (χ3v) is 6.18. The summed E-state index contributed by atoms with van der Waals surface area (Å²) >= 11 is 0. The van der Waals surface area contributed by atoms with Crippen LogP contribution in [0.15, 0.2) is 24.7 Å². The van der Waals surface area contributed by atoms with E-state index in [0.717, 1.165) is 0 Å². The normalized spacial score (nSPS) is 28.5. The predicted molar refractivity (Wildman–Crippen MR) is 109 cm³/mol. The minimum atomic E-state index is -1.17. The van der Waals surface area contributed by atoms with Crippen molar-refractivity contribution in [3.63, 3.8) is 0 Å². The molecule has 0 aromatic carbocycles. The van der Waals surface area contributed by atoms with Gasteiger partial charge in [0.1, 0.15) is 11.8 Å². The summed E-state index contributed by atoms with van der Waals surface area (Å²) in [5, 5.41) is 34.7. The highest BCUT2D eigenvalue weighted by Crippen LogP contribution is 2.67. The van der Waals surface area contributed by atoms with Gasteiger partial charge in [0.15, 0.2) is 17.0 Å². The molecule has 3 heterocycles. The van der Waals surface area contributed by atoms with Crippen molar-refractivity contribution in [1.29, 1.82) is 0 Å². The third-order valence-electron chi connectivity index (χ3n) is 6.18. The number of aromatic nitrogens is 6. The number of amides is 1. The molecule has 0 aliphatic heterocycles. The van der Waals surface area contributed by atoms with Crippen LogP contribution in [-0.2, 0) is 4.79 Å². The van der Waals surface area contributed by atoms with Crippen LogP contribution in [0.3, 0.4) is 0 Å². The highest BCUT2D eigenvalue weighted by Gasteiger charge is 2.75. The van der Waals surface area contributed by atoms with Crippen LogP contribution < -0.4 is 10.6 Å². The summed E-state index contributed by atoms with van der Waals surface area (Å²) in [4.78, 5) is 25.8. The second-order valence-corrected chi connectivity index (χ2v) is 7.68. The molecule has 2 fully saturated rings. The van der Waals surface area contributed by atoms with E-state index < -0.39 is 23.7 Å². The fraction of sp³-hybridized carbons (Fsp3) is 0.400. The Labute approximate surface area is 177 Å². The van der Waals surface area contributed by atoms with Gasteiger partial charge in [0.05, 0.1) is 23.9 Å². The molecule has 158 valence electrons. The van der Waals surface area contributed by atoms with E-state index in [4.69, 9.17) is 0 Å². The van der Waals surface area contributed by atoms with Gasteiger partial charge in [0.2, 0.25) is 11.7 Å². The van der Waals surface area contributed by atoms with E-state index in [2.05, 4.69) is 47.6 Å². The molecule has 11 nitrogen and oxygen atoms in total. The highest BCUT2D eigenvalue weighted by molar-refractivity contribution is 5.88. The first kappa shape index (κ1) is 19.3. The van der Waals surface area contributed by atoms with E-state index in [0.29, 0.717) is 29.1 Å². The summed E-state index contributed by atoms with van der Waals surface area (Å²) in [5.41, 5.74) is 0.461. The van der Waals surface area contributed by atoms with Gasteiger partial charge in [-0.15, -0.1) is 5.10 Å². The van der Waals surface area contributed by atoms with Gasteiger partial charge >= 0.3 is 0 Å². The fourth-order valence-corrected chi connectivity index (χ4v) is 4.64. The number of anilines is 1. The number of aliphatic hydroxyl groups is 2. The molecule has 31 heavy (non-hydrogen) atoms. The van der Waals surface area contributed by atoms with Crippen LogP contribution in [0.25, 0.3) is 11.2 Å². The monoisotopic (exact) mass is 420 g/mol. The number of nitrogens with one attached hydrogen (secondary N) is 2. The molecule has 0 spiro atoms. The first-order chi connectivity index (χ1) is 15.0. The maximum absolute atomic E-state index is 12.4. The molecule has 1 amide bonds. The molecule has 2 saturated carbocycles. The summed E-state index contributed by atoms with van der Waals surface area (Å²) in [6, 6.07) is 2.91. The standard InChI is InChI=1S/C20H20N8O3/c1-21-17-13-18(26-12(25-17)6-5-10-4-3-7-24-27-10)28(9-23-13)14-11-8-20(11,19(31)22-2)16(30)15(14)29/h3-4,7,9,11,14-16,29-30H,8H2,1-2H3,(H,22,31)(H,21,25,26)/t11?,14-,15+,16?,20-/m1/s1. The molecular weight excluding hydrogens is 400 g/mol. The summed E-state index contributed by atoms with van der Waals surface area (Å²) in [7, 11) is 3.24. The highest BCUT2D eigenvalue weighted by atomic mass is 16.3. The average Bonchev–Trinajstić information content (AvgIpc) is 3.34. The minimum absolute atomic E-state index is 0.225. The molecule has 5 rings (SSSR count). The minimum Gasteiger partial charge on any atom is -0.389 e. The zero-order valence-corrected chi connectivity index (χ0v) is 16.8. The summed E-state index contributed by atoms with van der Waals surface area (Å²) in [6.45, 7) is 0. The zero-order valence-electron chi connectivity index (χ0n) is 16.8. The lowest BCUT2D eigenvalue weighted by molar-refractivity contribution is -0.132. The quantitative estimate of drug-likeness (QED) is 0.395. The smallest absolute Gasteiger partial charge is 0.229 e. The Morgan fingerprint density at radius 2 is 2.13 bits per heavy atom. The topological polar surface area (TPSA) is 151 Å². The Hall–Kier alpha value is -3.62. The number of rotatable bonds is 3. The van der Waals surface area contributed by atoms with Gasteiger partial charge < -0.3 is 25.4 Å². The van der Waals surface area contributed by atoms with Gasteiger partial charge in [-0.05, 0) is 30.4 Å². The molecule has 2 unspecified atom stereocenters. The van der Waals surface area contributed by atoms with Gasteiger partial charge in [-0.25, -0.2) is 15.0 Å². The first-order valence-corrected chi connectivity index (χ1v) is 9.81. The molecule has 11 heteroatoms. The number of fused-ring (bicyclic) bond motifs is 2. The number of carbonyl (C=O) groups excluding carboxylic acids is 1. The van der Waals surface area contributed by atoms with Crippen LogP contribution in [0.5, 0.6) is 0 Å². The second-order valence-electron chi connectivity index (χ2n) is 7.68. The lowest BCUT2D eigenvalue weighted by Crippen LogP contribution is -2.41. The molecular formula is C20H20N8O3. The molecule has 4 N–H and O–H groups in total. The van der Waals surface area contributed by atoms with Crippen LogP contribution >= 0.6 is 0 Å². The van der Waals surface area contributed by atoms with Crippen molar-refractivity contribution >= 4 is 22.9 Å². The molecule has 0 saturated heterocycles. The Bertz CT molecular complexity index is 1230. The van der Waals surface area contributed by atoms with Gasteiger partial charge in [0, 0.05) is 26.2 Å².